The van der Waals surface area contributed by atoms with Crippen LogP contribution in [0.25, 0.3) is 10.8 Å². The molecule has 10 nitrogen and oxygen atoms in total. The maximum Gasteiger partial charge on any atom is 0.272 e. The van der Waals surface area contributed by atoms with Gasteiger partial charge >= 0.3 is 0 Å². The normalized spacial score (nSPS) is 11.7. The van der Waals surface area contributed by atoms with E-state index in [1.807, 2.05) is 12.1 Å². The summed E-state index contributed by atoms with van der Waals surface area (Å²) in [5, 5.41) is 9.66. The SMILES string of the molecule is COc1cccc(COC(C)C(=O)NCC(=O)Nc2cccc3c(=O)[nH][nH]c(=O)c23)c1. The van der Waals surface area contributed by atoms with E-state index in [-0.39, 0.29) is 29.6 Å². The molecule has 4 N–H and O–H groups in total. The van der Waals surface area contributed by atoms with Crippen LogP contribution in [0.2, 0.25) is 0 Å². The number of amides is 2. The van der Waals surface area contributed by atoms with Gasteiger partial charge in [0.1, 0.15) is 11.9 Å². The molecule has 31 heavy (non-hydrogen) atoms. The minimum absolute atomic E-state index is 0.0564. The summed E-state index contributed by atoms with van der Waals surface area (Å²) in [7, 11) is 1.56. The third-order valence-electron chi connectivity index (χ3n) is 4.53. The van der Waals surface area contributed by atoms with Crippen molar-refractivity contribution in [2.24, 2.45) is 0 Å². The Morgan fingerprint density at radius 1 is 1.06 bits per heavy atom. The molecule has 0 aliphatic heterocycles. The van der Waals surface area contributed by atoms with Crippen LogP contribution < -0.4 is 26.5 Å². The van der Waals surface area contributed by atoms with E-state index in [1.165, 1.54) is 12.1 Å². The molecular formula is C21H22N4O6. The Labute approximate surface area is 176 Å². The van der Waals surface area contributed by atoms with Crippen molar-refractivity contribution in [2.75, 3.05) is 19.0 Å². The fourth-order valence-electron chi connectivity index (χ4n) is 2.90. The summed E-state index contributed by atoms with van der Waals surface area (Å²) in [4.78, 5) is 48.4. The highest BCUT2D eigenvalue weighted by atomic mass is 16.5. The number of carbonyl (C=O) groups is 2. The maximum atomic E-state index is 12.3. The molecule has 0 bridgehead atoms. The van der Waals surface area contributed by atoms with Crippen LogP contribution in [0, 0.1) is 0 Å². The molecule has 2 amide bonds. The molecule has 1 unspecified atom stereocenters. The third-order valence-corrected chi connectivity index (χ3v) is 4.53. The lowest BCUT2D eigenvalue weighted by Gasteiger charge is -2.14. The van der Waals surface area contributed by atoms with Gasteiger partial charge in [-0.1, -0.05) is 18.2 Å². The van der Waals surface area contributed by atoms with Crippen LogP contribution in [0.3, 0.4) is 0 Å². The first kappa shape index (κ1) is 21.8. The Morgan fingerprint density at radius 2 is 1.81 bits per heavy atom. The van der Waals surface area contributed by atoms with Gasteiger partial charge < -0.3 is 20.1 Å². The smallest absolute Gasteiger partial charge is 0.272 e. The van der Waals surface area contributed by atoms with Gasteiger partial charge in [0.05, 0.1) is 36.7 Å². The number of carbonyl (C=O) groups excluding carboxylic acids is 2. The van der Waals surface area contributed by atoms with Crippen LogP contribution in [0.15, 0.2) is 52.1 Å². The van der Waals surface area contributed by atoms with Crippen LogP contribution in [-0.4, -0.2) is 41.8 Å². The minimum Gasteiger partial charge on any atom is -0.497 e. The van der Waals surface area contributed by atoms with Gasteiger partial charge in [-0.25, -0.2) is 0 Å². The lowest BCUT2D eigenvalue weighted by atomic mass is 10.1. The van der Waals surface area contributed by atoms with E-state index < -0.39 is 29.0 Å². The number of aromatic amines is 2. The first-order chi connectivity index (χ1) is 14.9. The molecule has 1 atom stereocenters. The quantitative estimate of drug-likeness (QED) is 0.421. The van der Waals surface area contributed by atoms with Crippen molar-refractivity contribution in [3.8, 4) is 5.75 Å². The first-order valence-electron chi connectivity index (χ1n) is 9.45. The second kappa shape index (κ2) is 9.72. The van der Waals surface area contributed by atoms with E-state index in [0.29, 0.717) is 5.75 Å². The summed E-state index contributed by atoms with van der Waals surface area (Å²) in [5.74, 6) is -0.338. The number of hydrogen-bond acceptors (Lipinski definition) is 6. The van der Waals surface area contributed by atoms with Crippen molar-refractivity contribution >= 4 is 28.3 Å². The average molecular weight is 426 g/mol. The monoisotopic (exact) mass is 426 g/mol. The molecule has 3 aromatic rings. The number of rotatable bonds is 8. The number of benzene rings is 2. The fraction of sp³-hybridized carbons (Fsp3) is 0.238. The molecule has 3 rings (SSSR count). The molecule has 0 aliphatic carbocycles. The second-order valence-corrected chi connectivity index (χ2v) is 6.71. The number of ether oxygens (including phenoxy) is 2. The highest BCUT2D eigenvalue weighted by molar-refractivity contribution is 6.02. The van der Waals surface area contributed by atoms with E-state index in [1.54, 1.807) is 32.2 Å². The maximum absolute atomic E-state index is 12.3. The van der Waals surface area contributed by atoms with Crippen LogP contribution >= 0.6 is 0 Å². The van der Waals surface area contributed by atoms with E-state index in [4.69, 9.17) is 9.47 Å². The van der Waals surface area contributed by atoms with Crippen LogP contribution in [0.1, 0.15) is 12.5 Å². The van der Waals surface area contributed by atoms with Crippen molar-refractivity contribution in [1.29, 1.82) is 0 Å². The highest BCUT2D eigenvalue weighted by Gasteiger charge is 2.16. The topological polar surface area (TPSA) is 142 Å². The molecular weight excluding hydrogens is 404 g/mol. The van der Waals surface area contributed by atoms with Crippen molar-refractivity contribution in [2.45, 2.75) is 19.6 Å². The van der Waals surface area contributed by atoms with Crippen molar-refractivity contribution in [3.05, 3.63) is 68.7 Å². The molecule has 0 spiro atoms. The van der Waals surface area contributed by atoms with Gasteiger partial charge in [-0.15, -0.1) is 0 Å². The summed E-state index contributed by atoms with van der Waals surface area (Å²) in [6.07, 6.45) is -0.794. The fourth-order valence-corrected chi connectivity index (χ4v) is 2.90. The van der Waals surface area contributed by atoms with Crippen LogP contribution in [0.5, 0.6) is 5.75 Å². The third kappa shape index (κ3) is 5.37. The lowest BCUT2D eigenvalue weighted by molar-refractivity contribution is -0.133. The van der Waals surface area contributed by atoms with Crippen LogP contribution in [-0.2, 0) is 20.9 Å². The van der Waals surface area contributed by atoms with Crippen LogP contribution in [0.4, 0.5) is 5.69 Å². The molecule has 1 aromatic heterocycles. The van der Waals surface area contributed by atoms with Crippen molar-refractivity contribution < 1.29 is 19.1 Å². The zero-order valence-corrected chi connectivity index (χ0v) is 17.0. The predicted molar refractivity (Wildman–Crippen MR) is 114 cm³/mol. The zero-order chi connectivity index (χ0) is 22.4. The number of methoxy groups -OCH3 is 1. The molecule has 10 heteroatoms. The standard InChI is InChI=1S/C21H22N4O6/c1-12(31-11-13-5-3-6-14(9-13)30-2)19(27)22-10-17(26)23-16-8-4-7-15-18(16)21(29)25-24-20(15)28/h3-9,12H,10-11H2,1-2H3,(H,22,27)(H,23,26)(H,24,28)(H,25,29). The average Bonchev–Trinajstić information content (AvgIpc) is 2.78. The molecule has 1 heterocycles. The van der Waals surface area contributed by atoms with Gasteiger partial charge in [0.2, 0.25) is 11.8 Å². The Bertz CT molecular complexity index is 1220. The van der Waals surface area contributed by atoms with Crippen molar-refractivity contribution in [3.63, 3.8) is 0 Å². The Kier molecular flexibility index (Phi) is 6.83. The summed E-state index contributed by atoms with van der Waals surface area (Å²) in [5.41, 5.74) is -0.0190. The predicted octanol–water partition coefficient (Wildman–Crippen LogP) is 0.885. The summed E-state index contributed by atoms with van der Waals surface area (Å²) in [6.45, 7) is 1.44. The van der Waals surface area contributed by atoms with Gasteiger partial charge in [-0.2, -0.15) is 0 Å². The molecule has 0 saturated carbocycles. The number of fused-ring (bicyclic) bond motifs is 1. The molecule has 0 radical (unpaired) electrons. The Balaban J connectivity index is 1.55. The number of aromatic nitrogens is 2. The van der Waals surface area contributed by atoms with E-state index >= 15 is 0 Å². The van der Waals surface area contributed by atoms with Gasteiger partial charge in [-0.3, -0.25) is 29.4 Å². The Hall–Kier alpha value is -3.92. The lowest BCUT2D eigenvalue weighted by Crippen LogP contribution is -2.39. The number of hydrogen-bond donors (Lipinski definition) is 4. The molecule has 2 aromatic carbocycles. The number of nitrogens with one attached hydrogen (secondary N) is 4. The molecule has 162 valence electrons. The second-order valence-electron chi connectivity index (χ2n) is 6.71. The summed E-state index contributed by atoms with van der Waals surface area (Å²) in [6, 6.07) is 11.8. The minimum atomic E-state index is -0.794. The zero-order valence-electron chi connectivity index (χ0n) is 17.0. The van der Waals surface area contributed by atoms with Gasteiger partial charge in [0, 0.05) is 0 Å². The summed E-state index contributed by atoms with van der Waals surface area (Å²) >= 11 is 0. The van der Waals surface area contributed by atoms with Gasteiger partial charge in [-0.05, 0) is 36.8 Å². The van der Waals surface area contributed by atoms with Crippen molar-refractivity contribution in [1.82, 2.24) is 15.5 Å². The van der Waals surface area contributed by atoms with Gasteiger partial charge in [0.15, 0.2) is 0 Å². The van der Waals surface area contributed by atoms with E-state index in [0.717, 1.165) is 5.56 Å². The Morgan fingerprint density at radius 3 is 2.58 bits per heavy atom. The highest BCUT2D eigenvalue weighted by Crippen LogP contribution is 2.16. The van der Waals surface area contributed by atoms with E-state index in [2.05, 4.69) is 20.8 Å². The van der Waals surface area contributed by atoms with Gasteiger partial charge in [0.25, 0.3) is 11.1 Å². The largest absolute Gasteiger partial charge is 0.497 e. The molecule has 0 saturated heterocycles. The van der Waals surface area contributed by atoms with E-state index in [9.17, 15) is 19.2 Å². The molecule has 0 fully saturated rings. The number of anilines is 1. The molecule has 0 aliphatic rings. The number of H-pyrrole nitrogens is 2. The summed E-state index contributed by atoms with van der Waals surface area (Å²) < 4.78 is 10.7. The first-order valence-corrected chi connectivity index (χ1v) is 9.45.